The number of carbonyl (C=O) groups excluding carboxylic acids is 1. The van der Waals surface area contributed by atoms with E-state index in [1.807, 2.05) is 13.8 Å². The number of carbonyl (C=O) groups is 1. The van der Waals surface area contributed by atoms with Crippen molar-refractivity contribution < 1.29 is 9.90 Å². The number of aliphatic hydroxyl groups is 1. The van der Waals surface area contributed by atoms with Gasteiger partial charge in [0.1, 0.15) is 18.7 Å². The fourth-order valence-corrected chi connectivity index (χ4v) is 1.54. The van der Waals surface area contributed by atoms with Crippen molar-refractivity contribution in [1.29, 1.82) is 0 Å². The molecule has 18 heavy (non-hydrogen) atoms. The zero-order chi connectivity index (χ0) is 13.6. The van der Waals surface area contributed by atoms with Gasteiger partial charge in [-0.05, 0) is 25.2 Å². The predicted octanol–water partition coefficient (Wildman–Crippen LogP) is 0.754. The highest BCUT2D eigenvalue weighted by Gasteiger charge is 2.17. The van der Waals surface area contributed by atoms with E-state index in [9.17, 15) is 4.79 Å². The van der Waals surface area contributed by atoms with Gasteiger partial charge in [-0.3, -0.25) is 4.79 Å². The number of hydrogen-bond acceptors (Lipinski definition) is 4. The maximum absolute atomic E-state index is 11.8. The molecule has 1 aromatic rings. The van der Waals surface area contributed by atoms with Crippen LogP contribution in [0.15, 0.2) is 12.7 Å². The SMILES string of the molecule is CC(C(=O)NCCCC(C)(C)CO)n1cncn1. The van der Waals surface area contributed by atoms with E-state index >= 15 is 0 Å². The molecule has 0 saturated heterocycles. The third-order valence-electron chi connectivity index (χ3n) is 2.97. The lowest BCUT2D eigenvalue weighted by Crippen LogP contribution is -2.32. The van der Waals surface area contributed by atoms with Crippen LogP contribution >= 0.6 is 0 Å². The van der Waals surface area contributed by atoms with Crippen LogP contribution in [0.5, 0.6) is 0 Å². The maximum Gasteiger partial charge on any atom is 0.244 e. The quantitative estimate of drug-likeness (QED) is 0.704. The third-order valence-corrected chi connectivity index (χ3v) is 2.97. The van der Waals surface area contributed by atoms with Gasteiger partial charge in [0.25, 0.3) is 0 Å². The van der Waals surface area contributed by atoms with E-state index in [1.165, 1.54) is 17.3 Å². The Balaban J connectivity index is 2.26. The Morgan fingerprint density at radius 3 is 2.83 bits per heavy atom. The van der Waals surface area contributed by atoms with Crippen LogP contribution in [0.1, 0.15) is 39.7 Å². The summed E-state index contributed by atoms with van der Waals surface area (Å²) >= 11 is 0. The molecule has 1 unspecified atom stereocenters. The molecule has 6 nitrogen and oxygen atoms in total. The lowest BCUT2D eigenvalue weighted by atomic mass is 9.89. The average Bonchev–Trinajstić information content (AvgIpc) is 2.87. The molecule has 6 heteroatoms. The third kappa shape index (κ3) is 4.44. The molecule has 0 aliphatic rings. The first-order valence-electron chi connectivity index (χ1n) is 6.19. The molecule has 0 aliphatic carbocycles. The highest BCUT2D eigenvalue weighted by atomic mass is 16.3. The van der Waals surface area contributed by atoms with Gasteiger partial charge in [0.15, 0.2) is 0 Å². The molecule has 0 bridgehead atoms. The van der Waals surface area contributed by atoms with Gasteiger partial charge in [0, 0.05) is 13.2 Å². The van der Waals surface area contributed by atoms with Crippen molar-refractivity contribution in [3.63, 3.8) is 0 Å². The van der Waals surface area contributed by atoms with Crippen molar-refractivity contribution in [2.45, 2.75) is 39.7 Å². The molecule has 102 valence electrons. The average molecular weight is 254 g/mol. The van der Waals surface area contributed by atoms with Crippen molar-refractivity contribution in [2.24, 2.45) is 5.41 Å². The van der Waals surface area contributed by atoms with E-state index in [0.717, 1.165) is 12.8 Å². The molecule has 0 saturated carbocycles. The topological polar surface area (TPSA) is 80.0 Å². The standard InChI is InChI=1S/C12H22N4O2/c1-10(16-9-13-8-15-16)11(18)14-6-4-5-12(2,3)7-17/h8-10,17H,4-7H2,1-3H3,(H,14,18). The molecule has 0 aromatic carbocycles. The summed E-state index contributed by atoms with van der Waals surface area (Å²) in [5, 5.41) is 15.9. The van der Waals surface area contributed by atoms with E-state index in [4.69, 9.17) is 5.11 Å². The van der Waals surface area contributed by atoms with Crippen molar-refractivity contribution in [3.8, 4) is 0 Å². The monoisotopic (exact) mass is 254 g/mol. The number of hydrogen-bond donors (Lipinski definition) is 2. The van der Waals surface area contributed by atoms with Crippen LogP contribution in [0.2, 0.25) is 0 Å². The fraction of sp³-hybridized carbons (Fsp3) is 0.750. The summed E-state index contributed by atoms with van der Waals surface area (Å²) in [6, 6.07) is -0.349. The van der Waals surface area contributed by atoms with Crippen molar-refractivity contribution >= 4 is 5.91 Å². The normalized spacial score (nSPS) is 13.3. The summed E-state index contributed by atoms with van der Waals surface area (Å²) in [6.07, 6.45) is 4.66. The molecule has 0 fully saturated rings. The van der Waals surface area contributed by atoms with E-state index in [-0.39, 0.29) is 24.0 Å². The molecule has 1 heterocycles. The first-order chi connectivity index (χ1) is 8.46. The lowest BCUT2D eigenvalue weighted by Gasteiger charge is -2.21. The summed E-state index contributed by atoms with van der Waals surface area (Å²) in [4.78, 5) is 15.6. The number of nitrogens with zero attached hydrogens (tertiary/aromatic N) is 3. The number of amides is 1. The minimum atomic E-state index is -0.349. The van der Waals surface area contributed by atoms with Gasteiger partial charge >= 0.3 is 0 Å². The van der Waals surface area contributed by atoms with Crippen molar-refractivity contribution in [3.05, 3.63) is 12.7 Å². The van der Waals surface area contributed by atoms with Crippen LogP contribution in [-0.4, -0.2) is 38.9 Å². The van der Waals surface area contributed by atoms with E-state index < -0.39 is 0 Å². The van der Waals surface area contributed by atoms with Gasteiger partial charge in [-0.15, -0.1) is 0 Å². The van der Waals surface area contributed by atoms with E-state index in [1.54, 1.807) is 6.92 Å². The number of rotatable bonds is 7. The summed E-state index contributed by atoms with van der Waals surface area (Å²) in [6.45, 7) is 6.57. The molecule has 2 N–H and O–H groups in total. The summed E-state index contributed by atoms with van der Waals surface area (Å²) in [5.41, 5.74) is -0.0811. The minimum absolute atomic E-state index is 0.0673. The molecule has 0 radical (unpaired) electrons. The van der Waals surface area contributed by atoms with Gasteiger partial charge in [0.2, 0.25) is 5.91 Å². The first-order valence-corrected chi connectivity index (χ1v) is 6.19. The van der Waals surface area contributed by atoms with Crippen molar-refractivity contribution in [2.75, 3.05) is 13.2 Å². The van der Waals surface area contributed by atoms with Crippen LogP contribution in [0, 0.1) is 5.41 Å². The Kier molecular flexibility index (Phi) is 5.27. The second kappa shape index (κ2) is 6.49. The molecule has 1 rings (SSSR count). The Morgan fingerprint density at radius 2 is 2.28 bits per heavy atom. The largest absolute Gasteiger partial charge is 0.396 e. The zero-order valence-electron chi connectivity index (χ0n) is 11.3. The highest BCUT2D eigenvalue weighted by molar-refractivity contribution is 5.79. The highest BCUT2D eigenvalue weighted by Crippen LogP contribution is 2.20. The molecule has 1 atom stereocenters. The second-order valence-electron chi connectivity index (χ2n) is 5.27. The summed E-state index contributed by atoms with van der Waals surface area (Å²) in [5.74, 6) is -0.0673. The Hall–Kier alpha value is -1.43. The van der Waals surface area contributed by atoms with E-state index in [2.05, 4.69) is 15.4 Å². The Labute approximate surface area is 107 Å². The molecule has 1 amide bonds. The van der Waals surface area contributed by atoms with Crippen LogP contribution < -0.4 is 5.32 Å². The number of aromatic nitrogens is 3. The van der Waals surface area contributed by atoms with Crippen molar-refractivity contribution in [1.82, 2.24) is 20.1 Å². The van der Waals surface area contributed by atoms with Gasteiger partial charge in [0.05, 0.1) is 0 Å². The Morgan fingerprint density at radius 1 is 1.56 bits per heavy atom. The van der Waals surface area contributed by atoms with Gasteiger partial charge in [-0.2, -0.15) is 5.10 Å². The smallest absolute Gasteiger partial charge is 0.244 e. The van der Waals surface area contributed by atoms with E-state index in [0.29, 0.717) is 6.54 Å². The lowest BCUT2D eigenvalue weighted by molar-refractivity contribution is -0.124. The minimum Gasteiger partial charge on any atom is -0.396 e. The molecule has 0 spiro atoms. The second-order valence-corrected chi connectivity index (χ2v) is 5.27. The number of nitrogens with one attached hydrogen (secondary N) is 1. The van der Waals surface area contributed by atoms with Crippen LogP contribution in [-0.2, 0) is 4.79 Å². The van der Waals surface area contributed by atoms with Crippen LogP contribution in [0.25, 0.3) is 0 Å². The molecular formula is C12H22N4O2. The summed E-state index contributed by atoms with van der Waals surface area (Å²) in [7, 11) is 0. The first kappa shape index (κ1) is 14.6. The van der Waals surface area contributed by atoms with Gasteiger partial charge in [-0.1, -0.05) is 13.8 Å². The zero-order valence-corrected chi connectivity index (χ0v) is 11.3. The van der Waals surface area contributed by atoms with Gasteiger partial charge in [-0.25, -0.2) is 9.67 Å². The summed E-state index contributed by atoms with van der Waals surface area (Å²) < 4.78 is 1.52. The van der Waals surface area contributed by atoms with Crippen LogP contribution in [0.3, 0.4) is 0 Å². The number of aliphatic hydroxyl groups excluding tert-OH is 1. The molecule has 1 aromatic heterocycles. The maximum atomic E-state index is 11.8. The van der Waals surface area contributed by atoms with Gasteiger partial charge < -0.3 is 10.4 Å². The fourth-order valence-electron chi connectivity index (χ4n) is 1.54. The predicted molar refractivity (Wildman–Crippen MR) is 67.8 cm³/mol. The van der Waals surface area contributed by atoms with Crippen LogP contribution in [0.4, 0.5) is 0 Å². The molecular weight excluding hydrogens is 232 g/mol. The Bertz CT molecular complexity index is 362. The molecule has 0 aliphatic heterocycles.